The lowest BCUT2D eigenvalue weighted by Gasteiger charge is -2.10. The quantitative estimate of drug-likeness (QED) is 0.879. The van der Waals surface area contributed by atoms with Crippen LogP contribution in [0.3, 0.4) is 0 Å². The summed E-state index contributed by atoms with van der Waals surface area (Å²) in [6.45, 7) is 0.485. The van der Waals surface area contributed by atoms with E-state index in [0.29, 0.717) is 34.1 Å². The van der Waals surface area contributed by atoms with Crippen LogP contribution in [-0.2, 0) is 12.7 Å². The number of hydrogen-bond acceptors (Lipinski definition) is 3. The van der Waals surface area contributed by atoms with Crippen LogP contribution in [0.25, 0.3) is 11.3 Å². The fourth-order valence-electron chi connectivity index (χ4n) is 2.02. The summed E-state index contributed by atoms with van der Waals surface area (Å²) in [4.78, 5) is 4.09. The first-order chi connectivity index (χ1) is 9.95. The Balaban J connectivity index is 1.93. The summed E-state index contributed by atoms with van der Waals surface area (Å²) in [5.74, 6) is 0.362. The van der Waals surface area contributed by atoms with Gasteiger partial charge in [0.15, 0.2) is 12.2 Å². The van der Waals surface area contributed by atoms with Crippen LogP contribution in [0.5, 0.6) is 0 Å². The van der Waals surface area contributed by atoms with Crippen LogP contribution in [0.2, 0.25) is 0 Å². The Morgan fingerprint density at radius 3 is 2.76 bits per heavy atom. The highest BCUT2D eigenvalue weighted by Crippen LogP contribution is 2.37. The van der Waals surface area contributed by atoms with Crippen LogP contribution >= 0.6 is 15.9 Å². The van der Waals surface area contributed by atoms with Crippen molar-refractivity contribution in [2.24, 2.45) is 0 Å². The van der Waals surface area contributed by atoms with Gasteiger partial charge in [0, 0.05) is 22.6 Å². The first-order valence-corrected chi connectivity index (χ1v) is 7.27. The number of nitrogens with zero attached hydrogens (tertiary/aromatic N) is 1. The molecule has 1 aromatic heterocycles. The van der Waals surface area contributed by atoms with Gasteiger partial charge in [0.05, 0.1) is 5.56 Å². The number of aromatic nitrogens is 1. The molecule has 1 saturated carbocycles. The molecule has 0 bridgehead atoms. The maximum atomic E-state index is 12.8. The molecule has 3 rings (SSSR count). The molecule has 112 valence electrons. The number of halogens is 4. The van der Waals surface area contributed by atoms with Crippen LogP contribution in [0.15, 0.2) is 33.5 Å². The Bertz CT molecular complexity index is 650. The smallest absolute Gasteiger partial charge is 0.416 e. The Labute approximate surface area is 127 Å². The molecular weight excluding hydrogens is 349 g/mol. The van der Waals surface area contributed by atoms with E-state index in [1.807, 2.05) is 0 Å². The summed E-state index contributed by atoms with van der Waals surface area (Å²) in [5, 5.41) is 3.27. The van der Waals surface area contributed by atoms with Crippen molar-refractivity contribution >= 4 is 15.9 Å². The Morgan fingerprint density at radius 2 is 2.10 bits per heavy atom. The molecule has 1 fully saturated rings. The molecule has 1 aromatic carbocycles. The molecule has 0 amide bonds. The number of alkyl halides is 3. The van der Waals surface area contributed by atoms with Crippen molar-refractivity contribution in [3.8, 4) is 11.3 Å². The normalized spacial score (nSPS) is 15.4. The minimum absolute atomic E-state index is 0.356. The minimum atomic E-state index is -4.39. The van der Waals surface area contributed by atoms with Crippen LogP contribution < -0.4 is 5.32 Å². The monoisotopic (exact) mass is 360 g/mol. The molecule has 2 aromatic rings. The minimum Gasteiger partial charge on any atom is -0.443 e. The second-order valence-corrected chi connectivity index (χ2v) is 5.83. The van der Waals surface area contributed by atoms with Crippen LogP contribution in [0.4, 0.5) is 13.2 Å². The van der Waals surface area contributed by atoms with E-state index in [9.17, 15) is 13.2 Å². The van der Waals surface area contributed by atoms with Gasteiger partial charge in [0.1, 0.15) is 5.69 Å². The molecule has 21 heavy (non-hydrogen) atoms. The zero-order chi connectivity index (χ0) is 15.0. The summed E-state index contributed by atoms with van der Waals surface area (Å²) in [5.41, 5.74) is 0.259. The van der Waals surface area contributed by atoms with Gasteiger partial charge in [0.25, 0.3) is 0 Å². The molecule has 1 aliphatic rings. The number of benzene rings is 1. The molecule has 1 heterocycles. The third-order valence-electron chi connectivity index (χ3n) is 3.32. The predicted molar refractivity (Wildman–Crippen MR) is 74.5 cm³/mol. The van der Waals surface area contributed by atoms with E-state index >= 15 is 0 Å². The van der Waals surface area contributed by atoms with E-state index in [0.717, 1.165) is 25.0 Å². The number of oxazole rings is 1. The van der Waals surface area contributed by atoms with E-state index in [4.69, 9.17) is 4.42 Å². The fraction of sp³-hybridized carbons (Fsp3) is 0.357. The fourth-order valence-corrected chi connectivity index (χ4v) is 2.44. The largest absolute Gasteiger partial charge is 0.443 e. The lowest BCUT2D eigenvalue weighted by Crippen LogP contribution is -2.16. The molecule has 1 N–H and O–H groups in total. The van der Waals surface area contributed by atoms with Crippen molar-refractivity contribution in [2.75, 3.05) is 0 Å². The van der Waals surface area contributed by atoms with Crippen molar-refractivity contribution in [3.63, 3.8) is 0 Å². The maximum absolute atomic E-state index is 12.8. The summed E-state index contributed by atoms with van der Waals surface area (Å²) in [7, 11) is 0. The average Bonchev–Trinajstić information content (AvgIpc) is 3.13. The Kier molecular flexibility index (Phi) is 3.79. The molecule has 3 nitrogen and oxygen atoms in total. The van der Waals surface area contributed by atoms with Crippen molar-refractivity contribution in [3.05, 3.63) is 40.3 Å². The SMILES string of the molecule is FC(F)(F)c1ccc(Br)c(-c2ocnc2CNC2CC2)c1. The van der Waals surface area contributed by atoms with Gasteiger partial charge in [-0.25, -0.2) is 4.98 Å². The van der Waals surface area contributed by atoms with Gasteiger partial charge >= 0.3 is 6.18 Å². The van der Waals surface area contributed by atoms with Crippen molar-refractivity contribution in [1.29, 1.82) is 0 Å². The number of nitrogens with one attached hydrogen (secondary N) is 1. The van der Waals surface area contributed by atoms with Crippen molar-refractivity contribution in [2.45, 2.75) is 31.6 Å². The average molecular weight is 361 g/mol. The first kappa shape index (κ1) is 14.6. The molecule has 0 atom stereocenters. The van der Waals surface area contributed by atoms with Gasteiger partial charge in [0.2, 0.25) is 0 Å². The van der Waals surface area contributed by atoms with Crippen LogP contribution in [-0.4, -0.2) is 11.0 Å². The standard InChI is InChI=1S/C14H12BrF3N2O/c15-11-4-1-8(14(16,17)18)5-10(11)13-12(20-7-21-13)6-19-9-2-3-9/h1,4-5,7,9,19H,2-3,6H2. The summed E-state index contributed by atoms with van der Waals surface area (Å²) in [6.07, 6.45) is -0.880. The highest BCUT2D eigenvalue weighted by molar-refractivity contribution is 9.10. The highest BCUT2D eigenvalue weighted by atomic mass is 79.9. The maximum Gasteiger partial charge on any atom is 0.416 e. The summed E-state index contributed by atoms with van der Waals surface area (Å²) < 4.78 is 44.3. The molecular formula is C14H12BrF3N2O. The predicted octanol–water partition coefficient (Wildman–Crippen LogP) is 4.37. The van der Waals surface area contributed by atoms with E-state index < -0.39 is 11.7 Å². The number of rotatable bonds is 4. The zero-order valence-electron chi connectivity index (χ0n) is 10.9. The Hall–Kier alpha value is -1.34. The van der Waals surface area contributed by atoms with E-state index in [1.165, 1.54) is 12.5 Å². The summed E-state index contributed by atoms with van der Waals surface area (Å²) >= 11 is 3.27. The van der Waals surface area contributed by atoms with Gasteiger partial charge in [-0.15, -0.1) is 0 Å². The summed E-state index contributed by atoms with van der Waals surface area (Å²) in [6, 6.07) is 3.97. The van der Waals surface area contributed by atoms with E-state index in [-0.39, 0.29) is 0 Å². The molecule has 7 heteroatoms. The number of hydrogen-bond donors (Lipinski definition) is 1. The van der Waals surface area contributed by atoms with E-state index in [1.54, 1.807) is 0 Å². The molecule has 0 aliphatic heterocycles. The van der Waals surface area contributed by atoms with Gasteiger partial charge in [-0.05, 0) is 31.0 Å². The van der Waals surface area contributed by atoms with Crippen molar-refractivity contribution in [1.82, 2.24) is 10.3 Å². The molecule has 1 aliphatic carbocycles. The third kappa shape index (κ3) is 3.29. The second kappa shape index (κ2) is 5.46. The Morgan fingerprint density at radius 1 is 1.33 bits per heavy atom. The second-order valence-electron chi connectivity index (χ2n) is 4.98. The van der Waals surface area contributed by atoms with Gasteiger partial charge in [-0.3, -0.25) is 0 Å². The highest BCUT2D eigenvalue weighted by Gasteiger charge is 2.31. The van der Waals surface area contributed by atoms with Crippen LogP contribution in [0, 0.1) is 0 Å². The van der Waals surface area contributed by atoms with Gasteiger partial charge in [-0.1, -0.05) is 15.9 Å². The van der Waals surface area contributed by atoms with Gasteiger partial charge in [-0.2, -0.15) is 13.2 Å². The molecule has 0 saturated heterocycles. The molecule has 0 unspecified atom stereocenters. The lowest BCUT2D eigenvalue weighted by molar-refractivity contribution is -0.137. The van der Waals surface area contributed by atoms with Gasteiger partial charge < -0.3 is 9.73 Å². The van der Waals surface area contributed by atoms with Crippen molar-refractivity contribution < 1.29 is 17.6 Å². The topological polar surface area (TPSA) is 38.1 Å². The molecule has 0 radical (unpaired) electrons. The third-order valence-corrected chi connectivity index (χ3v) is 4.01. The first-order valence-electron chi connectivity index (χ1n) is 6.48. The zero-order valence-corrected chi connectivity index (χ0v) is 12.5. The van der Waals surface area contributed by atoms with E-state index in [2.05, 4.69) is 26.2 Å². The van der Waals surface area contributed by atoms with Crippen LogP contribution in [0.1, 0.15) is 24.1 Å². The lowest BCUT2D eigenvalue weighted by atomic mass is 10.1. The molecule has 0 spiro atoms.